The second-order valence-electron chi connectivity index (χ2n) is 5.62. The smallest absolute Gasteiger partial charge is 0.122 e. The van der Waals surface area contributed by atoms with Gasteiger partial charge in [-0.25, -0.2) is 0 Å². The molecule has 0 unspecified atom stereocenters. The highest BCUT2D eigenvalue weighted by atomic mass is 15.3. The van der Waals surface area contributed by atoms with Crippen LogP contribution in [0.5, 0.6) is 0 Å². The summed E-state index contributed by atoms with van der Waals surface area (Å²) in [7, 11) is 0. The second-order valence-corrected chi connectivity index (χ2v) is 5.62. The van der Waals surface area contributed by atoms with E-state index >= 15 is 0 Å². The van der Waals surface area contributed by atoms with Gasteiger partial charge in [0.15, 0.2) is 0 Å². The van der Waals surface area contributed by atoms with Crippen LogP contribution in [-0.2, 0) is 6.54 Å². The number of H-pyrrole nitrogens is 1. The lowest BCUT2D eigenvalue weighted by Crippen LogP contribution is -2.25. The van der Waals surface area contributed by atoms with Crippen molar-refractivity contribution in [1.82, 2.24) is 15.4 Å². The van der Waals surface area contributed by atoms with E-state index in [1.807, 2.05) is 0 Å². The Bertz CT molecular complexity index is 806. The minimum absolute atomic E-state index is 0.896. The van der Waals surface area contributed by atoms with Gasteiger partial charge in [-0.1, -0.05) is 49.4 Å². The Balaban J connectivity index is 2.01. The molecule has 0 aliphatic carbocycles. The van der Waals surface area contributed by atoms with E-state index in [1.165, 1.54) is 16.8 Å². The van der Waals surface area contributed by atoms with Crippen LogP contribution in [0.4, 0.5) is 5.69 Å². The molecule has 0 saturated carbocycles. The fraction of sp³-hybridized carbons (Fsp3) is 0.222. The zero-order chi connectivity index (χ0) is 14.9. The van der Waals surface area contributed by atoms with E-state index in [1.54, 1.807) is 0 Å². The Morgan fingerprint density at radius 1 is 0.955 bits per heavy atom. The van der Waals surface area contributed by atoms with Gasteiger partial charge in [0, 0.05) is 29.9 Å². The molecule has 1 aromatic heterocycles. The van der Waals surface area contributed by atoms with Crippen molar-refractivity contribution >= 4 is 5.69 Å². The SMILES string of the molecule is CCCN1Cc2ccccc2-c2n[nH]nc2-c2ccccc21. The molecule has 2 heterocycles. The first-order valence-electron chi connectivity index (χ1n) is 7.72. The van der Waals surface area contributed by atoms with Gasteiger partial charge in [-0.05, 0) is 18.1 Å². The van der Waals surface area contributed by atoms with Crippen LogP contribution < -0.4 is 4.90 Å². The molecule has 1 N–H and O–H groups in total. The quantitative estimate of drug-likeness (QED) is 0.779. The molecule has 4 nitrogen and oxygen atoms in total. The molecule has 4 heteroatoms. The van der Waals surface area contributed by atoms with Crippen molar-refractivity contribution in [2.75, 3.05) is 11.4 Å². The number of hydrogen-bond donors (Lipinski definition) is 1. The Labute approximate surface area is 129 Å². The minimum Gasteiger partial charge on any atom is -0.367 e. The monoisotopic (exact) mass is 290 g/mol. The van der Waals surface area contributed by atoms with Gasteiger partial charge in [0.2, 0.25) is 0 Å². The first-order chi connectivity index (χ1) is 10.9. The van der Waals surface area contributed by atoms with Crippen LogP contribution in [0.3, 0.4) is 0 Å². The van der Waals surface area contributed by atoms with Crippen molar-refractivity contribution < 1.29 is 0 Å². The van der Waals surface area contributed by atoms with Crippen molar-refractivity contribution in [1.29, 1.82) is 0 Å². The number of hydrogen-bond acceptors (Lipinski definition) is 3. The lowest BCUT2D eigenvalue weighted by molar-refractivity contribution is 0.767. The average molecular weight is 290 g/mol. The Hall–Kier alpha value is -2.62. The number of anilines is 1. The van der Waals surface area contributed by atoms with E-state index in [2.05, 4.69) is 75.8 Å². The summed E-state index contributed by atoms with van der Waals surface area (Å²) in [5, 5.41) is 11.7. The third-order valence-electron chi connectivity index (χ3n) is 4.17. The fourth-order valence-electron chi connectivity index (χ4n) is 3.21. The number of aromatic amines is 1. The fourth-order valence-corrected chi connectivity index (χ4v) is 3.21. The standard InChI is InChI=1S/C18H18N4/c1-2-11-22-12-13-7-3-4-8-14(13)17-18(20-21-19-17)15-9-5-6-10-16(15)22/h3-10H,2,11-12H2,1H3,(H,19,20,21). The summed E-state index contributed by atoms with van der Waals surface area (Å²) in [6.07, 6.45) is 1.11. The van der Waals surface area contributed by atoms with Crippen LogP contribution in [-0.4, -0.2) is 22.0 Å². The highest BCUT2D eigenvalue weighted by Gasteiger charge is 2.23. The molecule has 1 aliphatic rings. The van der Waals surface area contributed by atoms with E-state index in [9.17, 15) is 0 Å². The first kappa shape index (κ1) is 13.1. The van der Waals surface area contributed by atoms with Crippen LogP contribution in [0.25, 0.3) is 22.5 Å². The zero-order valence-electron chi connectivity index (χ0n) is 12.6. The predicted octanol–water partition coefficient (Wildman–Crippen LogP) is 3.87. The molecular formula is C18H18N4. The Morgan fingerprint density at radius 2 is 1.64 bits per heavy atom. The number of fused-ring (bicyclic) bond motifs is 5. The van der Waals surface area contributed by atoms with E-state index in [0.29, 0.717) is 0 Å². The molecule has 0 fully saturated rings. The molecule has 2 aromatic carbocycles. The third-order valence-corrected chi connectivity index (χ3v) is 4.17. The summed E-state index contributed by atoms with van der Waals surface area (Å²) in [4.78, 5) is 2.44. The topological polar surface area (TPSA) is 44.8 Å². The number of benzene rings is 2. The molecule has 1 aliphatic heterocycles. The normalized spacial score (nSPS) is 12.9. The highest BCUT2D eigenvalue weighted by Crippen LogP contribution is 2.39. The largest absolute Gasteiger partial charge is 0.367 e. The number of rotatable bonds is 2. The maximum absolute atomic E-state index is 4.43. The third kappa shape index (κ3) is 1.99. The summed E-state index contributed by atoms with van der Waals surface area (Å²) < 4.78 is 0. The lowest BCUT2D eigenvalue weighted by Gasteiger charge is -2.29. The van der Waals surface area contributed by atoms with Gasteiger partial charge in [-0.2, -0.15) is 15.4 Å². The van der Waals surface area contributed by atoms with Crippen molar-refractivity contribution in [2.24, 2.45) is 0 Å². The Kier molecular flexibility index (Phi) is 3.15. The van der Waals surface area contributed by atoms with Gasteiger partial charge >= 0.3 is 0 Å². The van der Waals surface area contributed by atoms with Crippen molar-refractivity contribution in [3.8, 4) is 22.5 Å². The maximum atomic E-state index is 4.43. The van der Waals surface area contributed by atoms with Crippen molar-refractivity contribution in [2.45, 2.75) is 19.9 Å². The molecular weight excluding hydrogens is 272 g/mol. The predicted molar refractivity (Wildman–Crippen MR) is 88.6 cm³/mol. The van der Waals surface area contributed by atoms with Gasteiger partial charge in [0.25, 0.3) is 0 Å². The van der Waals surface area contributed by atoms with Crippen molar-refractivity contribution in [3.05, 3.63) is 54.1 Å². The van der Waals surface area contributed by atoms with E-state index in [4.69, 9.17) is 0 Å². The van der Waals surface area contributed by atoms with Crippen LogP contribution >= 0.6 is 0 Å². The average Bonchev–Trinajstić information content (AvgIpc) is 3.02. The summed E-state index contributed by atoms with van der Waals surface area (Å²) in [6.45, 7) is 4.14. The summed E-state index contributed by atoms with van der Waals surface area (Å²) in [5.74, 6) is 0. The molecule has 3 aromatic rings. The molecule has 110 valence electrons. The van der Waals surface area contributed by atoms with Crippen LogP contribution in [0.15, 0.2) is 48.5 Å². The molecule has 4 rings (SSSR count). The van der Waals surface area contributed by atoms with Gasteiger partial charge < -0.3 is 4.90 Å². The minimum atomic E-state index is 0.896. The van der Waals surface area contributed by atoms with Crippen LogP contribution in [0.1, 0.15) is 18.9 Å². The number of nitrogens with one attached hydrogen (secondary N) is 1. The summed E-state index contributed by atoms with van der Waals surface area (Å²) >= 11 is 0. The first-order valence-corrected chi connectivity index (χ1v) is 7.72. The molecule has 0 bridgehead atoms. The number of aromatic nitrogens is 3. The molecule has 22 heavy (non-hydrogen) atoms. The highest BCUT2D eigenvalue weighted by molar-refractivity contribution is 5.87. The van der Waals surface area contributed by atoms with Gasteiger partial charge in [0.05, 0.1) is 0 Å². The lowest BCUT2D eigenvalue weighted by atomic mass is 9.96. The van der Waals surface area contributed by atoms with Gasteiger partial charge in [-0.3, -0.25) is 0 Å². The molecule has 0 saturated heterocycles. The molecule has 0 atom stereocenters. The maximum Gasteiger partial charge on any atom is 0.122 e. The van der Waals surface area contributed by atoms with Crippen LogP contribution in [0, 0.1) is 0 Å². The molecule has 0 spiro atoms. The number of para-hydroxylation sites is 1. The van der Waals surface area contributed by atoms with Crippen molar-refractivity contribution in [3.63, 3.8) is 0 Å². The summed E-state index contributed by atoms with van der Waals surface area (Å²) in [5.41, 5.74) is 6.72. The second kappa shape index (κ2) is 5.30. The van der Waals surface area contributed by atoms with Crippen LogP contribution in [0.2, 0.25) is 0 Å². The zero-order valence-corrected chi connectivity index (χ0v) is 12.6. The van der Waals surface area contributed by atoms with Gasteiger partial charge in [-0.15, -0.1) is 0 Å². The number of nitrogens with zero attached hydrogens (tertiary/aromatic N) is 3. The van der Waals surface area contributed by atoms with E-state index in [0.717, 1.165) is 36.5 Å². The van der Waals surface area contributed by atoms with E-state index < -0.39 is 0 Å². The van der Waals surface area contributed by atoms with E-state index in [-0.39, 0.29) is 0 Å². The molecule has 0 amide bonds. The van der Waals surface area contributed by atoms with Gasteiger partial charge in [0.1, 0.15) is 11.4 Å². The Morgan fingerprint density at radius 3 is 2.45 bits per heavy atom. The molecule has 0 radical (unpaired) electrons. The summed E-state index contributed by atoms with van der Waals surface area (Å²) in [6, 6.07) is 16.9.